The fourth-order valence-corrected chi connectivity index (χ4v) is 6.88. The summed E-state index contributed by atoms with van der Waals surface area (Å²) < 4.78 is 28.8. The van der Waals surface area contributed by atoms with Gasteiger partial charge in [-0.1, -0.05) is 53.5 Å². The fourth-order valence-electron chi connectivity index (χ4n) is 5.05. The number of likely N-dealkylation sites (tertiary alicyclic amines) is 1. The number of phenols is 1. The number of phenolic OH excluding ortho intramolecular Hbond substituents is 1. The van der Waals surface area contributed by atoms with Gasteiger partial charge in [0.15, 0.2) is 0 Å². The molecule has 1 aliphatic rings. The van der Waals surface area contributed by atoms with Crippen LogP contribution in [-0.2, 0) is 24.4 Å². The topological polar surface area (TPSA) is 162 Å². The van der Waals surface area contributed by atoms with E-state index in [1.165, 1.54) is 23.4 Å². The lowest BCUT2D eigenvalue weighted by molar-refractivity contribution is -0.131. The fraction of sp³-hybridized carbons (Fsp3) is 0.300. The Balaban J connectivity index is 1.50. The predicted molar refractivity (Wildman–Crippen MR) is 169 cm³/mol. The lowest BCUT2D eigenvalue weighted by atomic mass is 9.93. The van der Waals surface area contributed by atoms with E-state index in [9.17, 15) is 27.9 Å². The van der Waals surface area contributed by atoms with Gasteiger partial charge < -0.3 is 21.5 Å². The lowest BCUT2D eigenvalue weighted by Crippen LogP contribution is -2.62. The van der Waals surface area contributed by atoms with E-state index in [4.69, 9.17) is 28.9 Å². The summed E-state index contributed by atoms with van der Waals surface area (Å²) in [6.45, 7) is 1.92. The smallest absolute Gasteiger partial charge is 0.242 e. The highest BCUT2D eigenvalue weighted by molar-refractivity contribution is 7.92. The number of carbonyl (C=O) groups excluding carboxylic acids is 3. The van der Waals surface area contributed by atoms with Crippen molar-refractivity contribution in [2.24, 2.45) is 5.73 Å². The highest BCUT2D eigenvalue weighted by atomic mass is 35.5. The number of anilines is 1. The van der Waals surface area contributed by atoms with Gasteiger partial charge in [-0.15, -0.1) is 0 Å². The zero-order valence-electron chi connectivity index (χ0n) is 23.8. The average Bonchev–Trinajstić information content (AvgIpc) is 2.92. The average molecular weight is 663 g/mol. The predicted octanol–water partition coefficient (Wildman–Crippen LogP) is 2.81. The molecule has 0 aliphatic carbocycles. The molecule has 3 amide bonds. The molecular formula is C30H33Cl2N5O6S. The molecule has 14 heteroatoms. The Kier molecular flexibility index (Phi) is 10.7. The second-order valence-electron chi connectivity index (χ2n) is 10.5. The van der Waals surface area contributed by atoms with Crippen molar-refractivity contribution in [3.05, 3.63) is 94.0 Å². The SMILES string of the molecule is CC(NC(=O)CC(N)=O)C(=O)NCCS(=O)(=O)N(c1cccc(O)c1)C1CN(C(c2ccc(Cl)cc2)c2ccc(Cl)cc2)C1. The quantitative estimate of drug-likeness (QED) is 0.205. The van der Waals surface area contributed by atoms with Crippen LogP contribution in [0.2, 0.25) is 10.0 Å². The first kappa shape index (κ1) is 33.1. The van der Waals surface area contributed by atoms with Crippen molar-refractivity contribution >= 4 is 56.6 Å². The molecule has 3 aromatic carbocycles. The summed E-state index contributed by atoms with van der Waals surface area (Å²) in [5.74, 6) is -2.70. The van der Waals surface area contributed by atoms with Gasteiger partial charge in [0.25, 0.3) is 0 Å². The van der Waals surface area contributed by atoms with Crippen LogP contribution in [0.5, 0.6) is 5.75 Å². The standard InChI is InChI=1S/C30H33Cl2N5O6S/c1-19(35-28(40)16-27(33)39)30(41)34-13-14-44(42,43)37(24-3-2-4-26(38)15-24)25-17-36(18-25)29(20-5-9-22(31)10-6-20)21-7-11-23(32)12-8-21/h2-12,15,19,25,29,38H,13-14,16-18H2,1H3,(H2,33,39)(H,34,41)(H,35,40). The van der Waals surface area contributed by atoms with Gasteiger partial charge in [0.05, 0.1) is 23.5 Å². The third kappa shape index (κ3) is 8.41. The van der Waals surface area contributed by atoms with Gasteiger partial charge in [-0.25, -0.2) is 8.42 Å². The maximum atomic E-state index is 13.7. The second-order valence-corrected chi connectivity index (χ2v) is 13.3. The zero-order chi connectivity index (χ0) is 32.0. The minimum absolute atomic E-state index is 0.0899. The molecule has 1 fully saturated rings. The normalized spacial score (nSPS) is 14.5. The molecule has 234 valence electrons. The van der Waals surface area contributed by atoms with Crippen LogP contribution in [0.25, 0.3) is 0 Å². The Morgan fingerprint density at radius 3 is 2.09 bits per heavy atom. The summed E-state index contributed by atoms with van der Waals surface area (Å²) in [6.07, 6.45) is -0.569. The highest BCUT2D eigenvalue weighted by Crippen LogP contribution is 2.37. The Hall–Kier alpha value is -3.84. The number of nitrogens with zero attached hydrogens (tertiary/aromatic N) is 2. The van der Waals surface area contributed by atoms with Crippen LogP contribution in [0.15, 0.2) is 72.8 Å². The van der Waals surface area contributed by atoms with Gasteiger partial charge in [0.2, 0.25) is 27.7 Å². The first-order valence-corrected chi connectivity index (χ1v) is 16.1. The van der Waals surface area contributed by atoms with Crippen LogP contribution in [-0.4, -0.2) is 73.6 Å². The van der Waals surface area contributed by atoms with Crippen LogP contribution < -0.4 is 20.7 Å². The van der Waals surface area contributed by atoms with Gasteiger partial charge in [0.1, 0.15) is 18.2 Å². The zero-order valence-corrected chi connectivity index (χ0v) is 26.1. The molecule has 44 heavy (non-hydrogen) atoms. The van der Waals surface area contributed by atoms with Gasteiger partial charge in [0, 0.05) is 35.7 Å². The van der Waals surface area contributed by atoms with Crippen molar-refractivity contribution in [3.8, 4) is 5.75 Å². The van der Waals surface area contributed by atoms with Crippen LogP contribution in [0, 0.1) is 0 Å². The van der Waals surface area contributed by atoms with E-state index in [1.807, 2.05) is 24.3 Å². The van der Waals surface area contributed by atoms with Gasteiger partial charge in [-0.2, -0.15) is 0 Å². The summed E-state index contributed by atoms with van der Waals surface area (Å²) in [6, 6.07) is 19.3. The molecular weight excluding hydrogens is 629 g/mol. The lowest BCUT2D eigenvalue weighted by Gasteiger charge is -2.49. The summed E-state index contributed by atoms with van der Waals surface area (Å²) >= 11 is 12.3. The Bertz CT molecular complexity index is 1550. The van der Waals surface area contributed by atoms with Gasteiger partial charge in [-0.05, 0) is 54.4 Å². The minimum atomic E-state index is -4.00. The molecule has 11 nitrogen and oxygen atoms in total. The summed E-state index contributed by atoms with van der Waals surface area (Å²) in [5, 5.41) is 16.2. The monoisotopic (exact) mass is 661 g/mol. The van der Waals surface area contributed by atoms with E-state index in [2.05, 4.69) is 15.5 Å². The van der Waals surface area contributed by atoms with Crippen LogP contribution in [0.1, 0.15) is 30.5 Å². The summed E-state index contributed by atoms with van der Waals surface area (Å²) in [5.41, 5.74) is 7.24. The van der Waals surface area contributed by atoms with E-state index in [1.54, 1.807) is 36.4 Å². The molecule has 0 spiro atoms. The van der Waals surface area contributed by atoms with Crippen molar-refractivity contribution in [2.75, 3.05) is 29.7 Å². The van der Waals surface area contributed by atoms with E-state index in [-0.39, 0.29) is 18.3 Å². The molecule has 0 bridgehead atoms. The number of halogens is 2. The van der Waals surface area contributed by atoms with Crippen LogP contribution in [0.3, 0.4) is 0 Å². The van der Waals surface area contributed by atoms with E-state index in [0.717, 1.165) is 11.1 Å². The number of hydrogen-bond acceptors (Lipinski definition) is 7. The summed E-state index contributed by atoms with van der Waals surface area (Å²) in [4.78, 5) is 37.3. The minimum Gasteiger partial charge on any atom is -0.508 e. The molecule has 5 N–H and O–H groups in total. The molecule has 0 saturated carbocycles. The molecule has 1 atom stereocenters. The Morgan fingerprint density at radius 2 is 1.57 bits per heavy atom. The number of nitrogens with one attached hydrogen (secondary N) is 2. The first-order chi connectivity index (χ1) is 20.8. The number of aromatic hydroxyl groups is 1. The molecule has 1 aliphatic heterocycles. The molecule has 1 unspecified atom stereocenters. The van der Waals surface area contributed by atoms with E-state index in [0.29, 0.717) is 28.8 Å². The van der Waals surface area contributed by atoms with Crippen LogP contribution >= 0.6 is 23.2 Å². The Morgan fingerprint density at radius 1 is 1.00 bits per heavy atom. The van der Waals surface area contributed by atoms with E-state index >= 15 is 0 Å². The number of nitrogens with two attached hydrogens (primary N) is 1. The third-order valence-electron chi connectivity index (χ3n) is 7.11. The van der Waals surface area contributed by atoms with Crippen LogP contribution in [0.4, 0.5) is 5.69 Å². The Labute approximate surface area is 266 Å². The van der Waals surface area contributed by atoms with E-state index < -0.39 is 52.0 Å². The number of hydrogen-bond donors (Lipinski definition) is 4. The number of benzene rings is 3. The van der Waals surface area contributed by atoms with Crippen molar-refractivity contribution < 1.29 is 27.9 Å². The molecule has 0 radical (unpaired) electrons. The number of primary amides is 1. The van der Waals surface area contributed by atoms with Crippen molar-refractivity contribution in [1.82, 2.24) is 15.5 Å². The van der Waals surface area contributed by atoms with Gasteiger partial charge >= 0.3 is 0 Å². The number of rotatable bonds is 13. The van der Waals surface area contributed by atoms with Crippen molar-refractivity contribution in [1.29, 1.82) is 0 Å². The van der Waals surface area contributed by atoms with Crippen molar-refractivity contribution in [3.63, 3.8) is 0 Å². The molecule has 4 rings (SSSR count). The maximum Gasteiger partial charge on any atom is 0.242 e. The number of carbonyl (C=O) groups is 3. The third-order valence-corrected chi connectivity index (χ3v) is 9.44. The van der Waals surface area contributed by atoms with Gasteiger partial charge in [-0.3, -0.25) is 23.6 Å². The molecule has 1 heterocycles. The highest BCUT2D eigenvalue weighted by Gasteiger charge is 2.42. The first-order valence-electron chi connectivity index (χ1n) is 13.8. The largest absolute Gasteiger partial charge is 0.508 e. The molecule has 0 aromatic heterocycles. The molecule has 1 saturated heterocycles. The number of amides is 3. The maximum absolute atomic E-state index is 13.7. The summed E-state index contributed by atoms with van der Waals surface area (Å²) in [7, 11) is -4.00. The molecule has 3 aromatic rings. The van der Waals surface area contributed by atoms with Crippen molar-refractivity contribution in [2.45, 2.75) is 31.5 Å². The second kappa shape index (κ2) is 14.3. The number of sulfonamides is 1.